The molecule has 5 nitrogen and oxygen atoms in total. The van der Waals surface area contributed by atoms with Crippen molar-refractivity contribution in [2.45, 2.75) is 13.3 Å². The normalized spacial score (nSPS) is 14.3. The van der Waals surface area contributed by atoms with Gasteiger partial charge in [-0.1, -0.05) is 24.3 Å². The predicted molar refractivity (Wildman–Crippen MR) is 73.1 cm³/mol. The number of anilines is 1. The molecule has 0 N–H and O–H groups in total. The zero-order valence-electron chi connectivity index (χ0n) is 10.6. The highest BCUT2D eigenvalue weighted by Crippen LogP contribution is 2.31. The summed E-state index contributed by atoms with van der Waals surface area (Å²) >= 11 is 0. The van der Waals surface area contributed by atoms with Crippen molar-refractivity contribution in [1.29, 1.82) is 0 Å². The molecule has 0 bridgehead atoms. The number of benzene rings is 1. The first-order valence-corrected chi connectivity index (χ1v) is 6.01. The molecule has 0 aliphatic carbocycles. The molecular weight excluding hydrogens is 244 g/mol. The molecule has 1 aromatic carbocycles. The molecule has 2 rings (SSSR count). The van der Waals surface area contributed by atoms with Crippen molar-refractivity contribution in [1.82, 2.24) is 0 Å². The predicted octanol–water partition coefficient (Wildman–Crippen LogP) is 2.62. The number of non-ortho nitro benzene ring substituents is 1. The quantitative estimate of drug-likeness (QED) is 0.362. The maximum Gasteiger partial charge on any atom is 0.271 e. The number of hydrogen-bond donors (Lipinski definition) is 0. The van der Waals surface area contributed by atoms with Crippen molar-refractivity contribution in [2.24, 2.45) is 0 Å². The van der Waals surface area contributed by atoms with E-state index in [1.165, 1.54) is 18.2 Å². The van der Waals surface area contributed by atoms with Gasteiger partial charge in [0.1, 0.15) is 0 Å². The minimum absolute atomic E-state index is 0.0101. The molecule has 0 unspecified atom stereocenters. The summed E-state index contributed by atoms with van der Waals surface area (Å²) in [6.45, 7) is 2.43. The summed E-state index contributed by atoms with van der Waals surface area (Å²) in [6.07, 6.45) is 7.46. The Morgan fingerprint density at radius 3 is 2.89 bits per heavy atom. The highest BCUT2D eigenvalue weighted by atomic mass is 16.6. The first-order chi connectivity index (χ1) is 9.13. The van der Waals surface area contributed by atoms with Crippen LogP contribution in [0.15, 0.2) is 42.5 Å². The van der Waals surface area contributed by atoms with Crippen molar-refractivity contribution < 1.29 is 9.72 Å². The van der Waals surface area contributed by atoms with E-state index in [1.54, 1.807) is 23.1 Å². The fourth-order valence-electron chi connectivity index (χ4n) is 2.05. The van der Waals surface area contributed by atoms with E-state index in [9.17, 15) is 14.9 Å². The highest BCUT2D eigenvalue weighted by Gasteiger charge is 2.25. The lowest BCUT2D eigenvalue weighted by Crippen LogP contribution is -2.26. The van der Waals surface area contributed by atoms with Crippen molar-refractivity contribution in [3.63, 3.8) is 0 Å². The van der Waals surface area contributed by atoms with E-state index in [1.807, 2.05) is 13.0 Å². The van der Waals surface area contributed by atoms with Gasteiger partial charge in [-0.05, 0) is 18.9 Å². The topological polar surface area (TPSA) is 63.5 Å². The van der Waals surface area contributed by atoms with Crippen LogP contribution in [0.25, 0.3) is 0 Å². The third-order valence-corrected chi connectivity index (χ3v) is 2.98. The maximum absolute atomic E-state index is 12.0. The fraction of sp³-hybridized carbons (Fsp3) is 0.214. The van der Waals surface area contributed by atoms with Crippen LogP contribution in [0.5, 0.6) is 0 Å². The molecule has 5 heteroatoms. The van der Waals surface area contributed by atoms with Crippen LogP contribution in [-0.2, 0) is 11.2 Å². The number of nitro benzene ring substituents is 1. The van der Waals surface area contributed by atoms with Crippen LogP contribution in [0.1, 0.15) is 12.5 Å². The monoisotopic (exact) mass is 258 g/mol. The third-order valence-electron chi connectivity index (χ3n) is 2.98. The van der Waals surface area contributed by atoms with Gasteiger partial charge in [-0.3, -0.25) is 14.9 Å². The average molecular weight is 258 g/mol. The van der Waals surface area contributed by atoms with Gasteiger partial charge in [0.25, 0.3) is 11.6 Å². The first-order valence-electron chi connectivity index (χ1n) is 6.01. The minimum atomic E-state index is -0.448. The lowest BCUT2D eigenvalue weighted by atomic mass is 10.1. The number of amides is 1. The zero-order valence-corrected chi connectivity index (χ0v) is 10.6. The molecule has 1 amide bonds. The summed E-state index contributed by atoms with van der Waals surface area (Å²) in [5.74, 6) is -0.155. The summed E-state index contributed by atoms with van der Waals surface area (Å²) in [7, 11) is 0. The number of carbonyl (C=O) groups is 1. The van der Waals surface area contributed by atoms with Gasteiger partial charge in [0.2, 0.25) is 0 Å². The largest absolute Gasteiger partial charge is 0.308 e. The maximum atomic E-state index is 12.0. The van der Waals surface area contributed by atoms with Gasteiger partial charge in [-0.2, -0.15) is 0 Å². The molecule has 0 aromatic heterocycles. The second kappa shape index (κ2) is 5.48. The second-order valence-electron chi connectivity index (χ2n) is 4.19. The molecule has 1 aromatic rings. The van der Waals surface area contributed by atoms with E-state index in [0.29, 0.717) is 12.2 Å². The number of nitrogens with zero attached hydrogens (tertiary/aromatic N) is 2. The zero-order chi connectivity index (χ0) is 13.8. The van der Waals surface area contributed by atoms with E-state index in [0.717, 1.165) is 12.0 Å². The number of fused-ring (bicyclic) bond motifs is 1. The van der Waals surface area contributed by atoms with Gasteiger partial charge in [-0.25, -0.2) is 0 Å². The Bertz CT molecular complexity index is 576. The van der Waals surface area contributed by atoms with Crippen LogP contribution >= 0.6 is 0 Å². The average Bonchev–Trinajstić information content (AvgIpc) is 2.81. The molecule has 0 radical (unpaired) electrons. The molecule has 98 valence electrons. The van der Waals surface area contributed by atoms with Crippen LogP contribution in [-0.4, -0.2) is 17.4 Å². The first kappa shape index (κ1) is 13.0. The van der Waals surface area contributed by atoms with Crippen LogP contribution in [0.3, 0.4) is 0 Å². The summed E-state index contributed by atoms with van der Waals surface area (Å²) in [5.41, 5.74) is 1.62. The highest BCUT2D eigenvalue weighted by molar-refractivity contribution is 6.03. The lowest BCUT2D eigenvalue weighted by Gasteiger charge is -2.14. The molecule has 0 spiro atoms. The molecular formula is C14H14N2O3. The minimum Gasteiger partial charge on any atom is -0.308 e. The Hall–Kier alpha value is -2.43. The Morgan fingerprint density at radius 1 is 1.42 bits per heavy atom. The number of rotatable bonds is 3. The fourth-order valence-corrected chi connectivity index (χ4v) is 2.05. The SMILES string of the molecule is C/C=C/C=C/C(=O)N1CCc2ccc([N+](=O)[O-])cc21. The Morgan fingerprint density at radius 2 is 2.21 bits per heavy atom. The van der Waals surface area contributed by atoms with Gasteiger partial charge >= 0.3 is 0 Å². The lowest BCUT2D eigenvalue weighted by molar-refractivity contribution is -0.384. The number of nitro groups is 1. The van der Waals surface area contributed by atoms with Gasteiger partial charge in [0.15, 0.2) is 0 Å². The molecule has 0 fully saturated rings. The van der Waals surface area contributed by atoms with Crippen molar-refractivity contribution >= 4 is 17.3 Å². The molecule has 19 heavy (non-hydrogen) atoms. The number of carbonyl (C=O) groups excluding carboxylic acids is 1. The van der Waals surface area contributed by atoms with E-state index in [2.05, 4.69) is 0 Å². The van der Waals surface area contributed by atoms with E-state index in [4.69, 9.17) is 0 Å². The summed E-state index contributed by atoms with van der Waals surface area (Å²) in [5, 5.41) is 10.8. The number of allylic oxidation sites excluding steroid dienone is 3. The van der Waals surface area contributed by atoms with Gasteiger partial charge < -0.3 is 4.90 Å². The Kier molecular flexibility index (Phi) is 3.75. The smallest absolute Gasteiger partial charge is 0.271 e. The molecule has 0 saturated carbocycles. The van der Waals surface area contributed by atoms with Crippen LogP contribution in [0.2, 0.25) is 0 Å². The molecule has 1 heterocycles. The number of hydrogen-bond acceptors (Lipinski definition) is 3. The van der Waals surface area contributed by atoms with E-state index in [-0.39, 0.29) is 11.6 Å². The molecule has 1 aliphatic heterocycles. The summed E-state index contributed by atoms with van der Waals surface area (Å²) in [4.78, 5) is 23.9. The summed E-state index contributed by atoms with van der Waals surface area (Å²) < 4.78 is 0. The van der Waals surface area contributed by atoms with E-state index >= 15 is 0 Å². The van der Waals surface area contributed by atoms with Gasteiger partial charge in [-0.15, -0.1) is 0 Å². The van der Waals surface area contributed by atoms with Gasteiger partial charge in [0.05, 0.1) is 10.6 Å². The van der Waals surface area contributed by atoms with Crippen molar-refractivity contribution in [3.8, 4) is 0 Å². The Labute approximate surface area is 111 Å². The van der Waals surface area contributed by atoms with Crippen LogP contribution < -0.4 is 4.90 Å². The van der Waals surface area contributed by atoms with E-state index < -0.39 is 4.92 Å². The summed E-state index contributed by atoms with van der Waals surface area (Å²) in [6, 6.07) is 4.66. The third kappa shape index (κ3) is 2.70. The van der Waals surface area contributed by atoms with Gasteiger partial charge in [0, 0.05) is 24.8 Å². The second-order valence-corrected chi connectivity index (χ2v) is 4.19. The van der Waals surface area contributed by atoms with Crippen LogP contribution in [0.4, 0.5) is 11.4 Å². The van der Waals surface area contributed by atoms with Crippen molar-refractivity contribution in [2.75, 3.05) is 11.4 Å². The van der Waals surface area contributed by atoms with Crippen molar-refractivity contribution in [3.05, 3.63) is 58.2 Å². The standard InChI is InChI=1S/C14H14N2O3/c1-2-3-4-5-14(17)15-9-8-11-6-7-12(16(18)19)10-13(11)15/h2-7,10H,8-9H2,1H3/b3-2+,5-4+. The van der Waals surface area contributed by atoms with Crippen LogP contribution in [0, 0.1) is 10.1 Å². The molecule has 0 saturated heterocycles. The molecule has 1 aliphatic rings. The Balaban J connectivity index is 2.27. The molecule has 0 atom stereocenters.